The number of hydrogen-bond donors (Lipinski definition) is 2. The highest BCUT2D eigenvalue weighted by Crippen LogP contribution is 2.30. The van der Waals surface area contributed by atoms with Gasteiger partial charge in [0.1, 0.15) is 17.0 Å². The van der Waals surface area contributed by atoms with E-state index in [0.29, 0.717) is 27.1 Å². The Balaban J connectivity index is 1.68. The number of nitrogens with one attached hydrogen (secondary N) is 2. The normalized spacial score (nSPS) is 18.4. The molecule has 2 N–H and O–H groups in total. The first kappa shape index (κ1) is 20.5. The minimum Gasteiger partial charge on any atom is -0.497 e. The van der Waals surface area contributed by atoms with Gasteiger partial charge in [-0.15, -0.1) is 0 Å². The maximum absolute atomic E-state index is 12.9. The third-order valence-corrected chi connectivity index (χ3v) is 4.81. The topological polar surface area (TPSA) is 97.0 Å². The number of aryl methyl sites for hydroxylation is 1. The monoisotopic (exact) mass is 417 g/mol. The van der Waals surface area contributed by atoms with Crippen LogP contribution in [0.25, 0.3) is 0 Å². The first-order valence-electron chi connectivity index (χ1n) is 8.74. The lowest BCUT2D eigenvalue weighted by molar-refractivity contribution is -0.139. The Kier molecular flexibility index (Phi) is 5.65. The summed E-state index contributed by atoms with van der Waals surface area (Å²) in [5.41, 5.74) is 2.23. The lowest BCUT2D eigenvalue weighted by atomic mass is 9.92. The van der Waals surface area contributed by atoms with Gasteiger partial charge in [-0.25, -0.2) is 4.79 Å². The molecule has 8 nitrogen and oxygen atoms in total. The number of hydrogen-bond acceptors (Lipinski definition) is 5. The maximum atomic E-state index is 12.9. The quantitative estimate of drug-likeness (QED) is 0.704. The number of nitrogens with zero attached hydrogens (tertiary/aromatic N) is 1. The van der Waals surface area contributed by atoms with Crippen molar-refractivity contribution in [3.05, 3.63) is 58.6 Å². The molecule has 1 aliphatic rings. The molecule has 9 heteroatoms. The molecular weight excluding hydrogens is 398 g/mol. The van der Waals surface area contributed by atoms with Gasteiger partial charge in [0.2, 0.25) is 0 Å². The summed E-state index contributed by atoms with van der Waals surface area (Å²) in [6.45, 7) is 2.97. The number of carbonyl (C=O) groups is 3. The molecule has 2 aromatic rings. The van der Waals surface area contributed by atoms with Crippen LogP contribution in [0.2, 0.25) is 5.02 Å². The van der Waals surface area contributed by atoms with Crippen LogP contribution in [-0.4, -0.2) is 36.6 Å². The number of methoxy groups -OCH3 is 1. The molecule has 0 unspecified atom stereocenters. The van der Waals surface area contributed by atoms with E-state index < -0.39 is 23.4 Å². The van der Waals surface area contributed by atoms with E-state index in [0.717, 1.165) is 5.56 Å². The summed E-state index contributed by atoms with van der Waals surface area (Å²) in [7, 11) is 1.51. The second-order valence-corrected chi connectivity index (χ2v) is 7.10. The fourth-order valence-corrected chi connectivity index (χ4v) is 3.17. The Bertz CT molecular complexity index is 980. The zero-order valence-electron chi connectivity index (χ0n) is 16.1. The average Bonchev–Trinajstić information content (AvgIpc) is 2.91. The molecule has 4 amide bonds. The fraction of sp³-hybridized carbons (Fsp3) is 0.250. The number of urea groups is 1. The molecule has 0 radical (unpaired) electrons. The van der Waals surface area contributed by atoms with Crippen molar-refractivity contribution >= 4 is 29.4 Å². The lowest BCUT2D eigenvalue weighted by Crippen LogP contribution is -2.49. The predicted octanol–water partition coefficient (Wildman–Crippen LogP) is 2.53. The smallest absolute Gasteiger partial charge is 0.344 e. The third-order valence-electron chi connectivity index (χ3n) is 4.57. The number of imide groups is 1. The van der Waals surface area contributed by atoms with Gasteiger partial charge in [0.15, 0.2) is 6.61 Å². The molecule has 2 aromatic carbocycles. The van der Waals surface area contributed by atoms with Crippen molar-refractivity contribution in [3.63, 3.8) is 0 Å². The van der Waals surface area contributed by atoms with Crippen LogP contribution in [0.1, 0.15) is 18.1 Å². The van der Waals surface area contributed by atoms with Gasteiger partial charge in [0.25, 0.3) is 11.8 Å². The predicted molar refractivity (Wildman–Crippen MR) is 106 cm³/mol. The van der Waals surface area contributed by atoms with Crippen molar-refractivity contribution in [2.45, 2.75) is 19.4 Å². The first-order valence-corrected chi connectivity index (χ1v) is 9.12. The van der Waals surface area contributed by atoms with Crippen LogP contribution >= 0.6 is 11.6 Å². The molecule has 3 rings (SSSR count). The number of halogens is 1. The van der Waals surface area contributed by atoms with Gasteiger partial charge in [0.05, 0.1) is 7.11 Å². The van der Waals surface area contributed by atoms with Crippen LogP contribution in [0.4, 0.5) is 4.79 Å². The number of amides is 4. The molecule has 0 bridgehead atoms. The third kappa shape index (κ3) is 4.12. The average molecular weight is 418 g/mol. The minimum absolute atomic E-state index is 0.380. The van der Waals surface area contributed by atoms with E-state index >= 15 is 0 Å². The van der Waals surface area contributed by atoms with Crippen molar-refractivity contribution in [2.24, 2.45) is 0 Å². The van der Waals surface area contributed by atoms with Crippen LogP contribution in [0.5, 0.6) is 11.5 Å². The Hall–Kier alpha value is -3.26. The lowest BCUT2D eigenvalue weighted by Gasteiger charge is -2.22. The number of ether oxygens (including phenoxy) is 2. The Morgan fingerprint density at radius 1 is 1.24 bits per heavy atom. The molecule has 1 fully saturated rings. The number of rotatable bonds is 6. The van der Waals surface area contributed by atoms with Gasteiger partial charge in [-0.3, -0.25) is 15.0 Å². The van der Waals surface area contributed by atoms with Crippen molar-refractivity contribution in [1.29, 1.82) is 0 Å². The molecular formula is C20H20ClN3O5. The molecule has 1 aliphatic heterocycles. The van der Waals surface area contributed by atoms with E-state index in [4.69, 9.17) is 21.1 Å². The highest BCUT2D eigenvalue weighted by molar-refractivity contribution is 6.30. The molecule has 29 heavy (non-hydrogen) atoms. The van der Waals surface area contributed by atoms with Crippen LogP contribution < -0.4 is 20.2 Å². The Morgan fingerprint density at radius 3 is 2.69 bits per heavy atom. The largest absolute Gasteiger partial charge is 0.497 e. The summed E-state index contributed by atoms with van der Waals surface area (Å²) >= 11 is 5.89. The molecule has 0 aromatic heterocycles. The van der Waals surface area contributed by atoms with Crippen LogP contribution in [-0.2, 0) is 15.1 Å². The van der Waals surface area contributed by atoms with E-state index in [-0.39, 0.29) is 6.61 Å². The van der Waals surface area contributed by atoms with Gasteiger partial charge < -0.3 is 14.8 Å². The van der Waals surface area contributed by atoms with Gasteiger partial charge in [-0.05, 0) is 55.3 Å². The van der Waals surface area contributed by atoms with Crippen molar-refractivity contribution in [2.75, 3.05) is 13.7 Å². The summed E-state index contributed by atoms with van der Waals surface area (Å²) in [4.78, 5) is 37.4. The van der Waals surface area contributed by atoms with E-state index in [1.807, 2.05) is 0 Å². The summed E-state index contributed by atoms with van der Waals surface area (Å²) in [6, 6.07) is 11.0. The van der Waals surface area contributed by atoms with Gasteiger partial charge in [-0.1, -0.05) is 23.7 Å². The van der Waals surface area contributed by atoms with E-state index in [1.54, 1.807) is 56.3 Å². The summed E-state index contributed by atoms with van der Waals surface area (Å²) in [5, 5.41) is 3.81. The molecule has 152 valence electrons. The van der Waals surface area contributed by atoms with Crippen molar-refractivity contribution in [3.8, 4) is 11.5 Å². The Labute approximate surface area is 172 Å². The minimum atomic E-state index is -1.34. The summed E-state index contributed by atoms with van der Waals surface area (Å²) in [6.07, 6.45) is 0. The number of hydrazine groups is 1. The number of benzene rings is 2. The SMILES string of the molecule is COc1cccc([C@@]2(C)NC(=O)N(NC(=O)COc3ccc(Cl)cc3C)C2=O)c1. The zero-order chi connectivity index (χ0) is 21.2. The van der Waals surface area contributed by atoms with Crippen molar-refractivity contribution < 1.29 is 23.9 Å². The second kappa shape index (κ2) is 8.00. The van der Waals surface area contributed by atoms with E-state index in [9.17, 15) is 14.4 Å². The summed E-state index contributed by atoms with van der Waals surface area (Å²) < 4.78 is 10.6. The van der Waals surface area contributed by atoms with Crippen molar-refractivity contribution in [1.82, 2.24) is 15.8 Å². The van der Waals surface area contributed by atoms with Gasteiger partial charge in [0, 0.05) is 5.02 Å². The molecule has 0 saturated carbocycles. The molecule has 0 aliphatic carbocycles. The van der Waals surface area contributed by atoms with Crippen LogP contribution in [0, 0.1) is 6.92 Å². The summed E-state index contributed by atoms with van der Waals surface area (Å²) in [5.74, 6) is -0.257. The highest BCUT2D eigenvalue weighted by atomic mass is 35.5. The van der Waals surface area contributed by atoms with E-state index in [2.05, 4.69) is 10.7 Å². The molecule has 1 atom stereocenters. The molecule has 0 spiro atoms. The standard InChI is InChI=1S/C20H20ClN3O5/c1-12-9-14(21)7-8-16(12)29-11-17(25)23-24-18(26)20(2,22-19(24)27)13-5-4-6-15(10-13)28-3/h4-10H,11H2,1-3H3,(H,22,27)(H,23,25)/t20-/m1/s1. The zero-order valence-corrected chi connectivity index (χ0v) is 16.9. The van der Waals surface area contributed by atoms with Gasteiger partial charge in [-0.2, -0.15) is 5.01 Å². The number of carbonyl (C=O) groups excluding carboxylic acids is 3. The van der Waals surface area contributed by atoms with Crippen LogP contribution in [0.15, 0.2) is 42.5 Å². The highest BCUT2D eigenvalue weighted by Gasteiger charge is 2.50. The van der Waals surface area contributed by atoms with Gasteiger partial charge >= 0.3 is 6.03 Å². The second-order valence-electron chi connectivity index (χ2n) is 6.66. The molecule has 1 saturated heterocycles. The van der Waals surface area contributed by atoms with E-state index in [1.165, 1.54) is 7.11 Å². The maximum Gasteiger partial charge on any atom is 0.344 e. The first-order chi connectivity index (χ1) is 13.7. The van der Waals surface area contributed by atoms with Crippen LogP contribution in [0.3, 0.4) is 0 Å². The molecule has 1 heterocycles. The fourth-order valence-electron chi connectivity index (χ4n) is 2.95. The Morgan fingerprint density at radius 2 is 2.00 bits per heavy atom.